The molecule has 1 aliphatic rings. The predicted octanol–water partition coefficient (Wildman–Crippen LogP) is 4.39. The molecule has 5 nitrogen and oxygen atoms in total. The van der Waals surface area contributed by atoms with Gasteiger partial charge in [0.2, 0.25) is 0 Å². The number of carbonyl (C=O) groups excluding carboxylic acids is 2. The van der Waals surface area contributed by atoms with Crippen LogP contribution in [0.3, 0.4) is 0 Å². The lowest BCUT2D eigenvalue weighted by molar-refractivity contribution is -0.227. The van der Waals surface area contributed by atoms with Crippen molar-refractivity contribution in [3.8, 4) is 0 Å². The third-order valence-corrected chi connectivity index (χ3v) is 5.65. The van der Waals surface area contributed by atoms with E-state index in [2.05, 4.69) is 10.6 Å². The minimum absolute atomic E-state index is 0.221. The lowest BCUT2D eigenvalue weighted by Crippen LogP contribution is -2.50. The van der Waals surface area contributed by atoms with Crippen LogP contribution >= 0.6 is 0 Å². The number of esters is 1. The number of rotatable bonds is 6. The number of alkyl halides is 3. The molecule has 8 heteroatoms. The highest BCUT2D eigenvalue weighted by molar-refractivity contribution is 5.96. The van der Waals surface area contributed by atoms with Gasteiger partial charge in [-0.25, -0.2) is 0 Å². The summed E-state index contributed by atoms with van der Waals surface area (Å²) in [6.45, 7) is 6.70. The van der Waals surface area contributed by atoms with Gasteiger partial charge in [0, 0.05) is 17.3 Å². The number of benzene rings is 1. The average molecular weight is 414 g/mol. The molecule has 0 radical (unpaired) electrons. The van der Waals surface area contributed by atoms with Crippen molar-refractivity contribution < 1.29 is 27.5 Å². The van der Waals surface area contributed by atoms with Gasteiger partial charge in [-0.1, -0.05) is 20.8 Å². The summed E-state index contributed by atoms with van der Waals surface area (Å²) in [5, 5.41) is 5.66. The van der Waals surface area contributed by atoms with Crippen LogP contribution < -0.4 is 10.6 Å². The Morgan fingerprint density at radius 2 is 1.83 bits per heavy atom. The molecule has 0 heterocycles. The lowest BCUT2D eigenvalue weighted by atomic mass is 9.62. The van der Waals surface area contributed by atoms with Crippen molar-refractivity contribution >= 4 is 17.6 Å². The van der Waals surface area contributed by atoms with E-state index in [-0.39, 0.29) is 19.2 Å². The summed E-state index contributed by atoms with van der Waals surface area (Å²) < 4.78 is 45.6. The van der Waals surface area contributed by atoms with Crippen LogP contribution in [0.25, 0.3) is 0 Å². The Hall–Kier alpha value is -2.25. The molecule has 1 aromatic carbocycles. The van der Waals surface area contributed by atoms with E-state index in [1.54, 1.807) is 52.0 Å². The highest BCUT2D eigenvalue weighted by atomic mass is 19.4. The number of anilines is 1. The molecule has 1 saturated carbocycles. The standard InChI is InChI=1S/C21H29F3N2O3/c1-5-29-17(27)12-25-19(28)14-6-8-15(9-7-14)26-16-10-11-20(3,4)18(13(16)2)21(22,23)24/h6-9,13,16,18,26H,5,10-12H2,1-4H3,(H,25,28). The van der Waals surface area contributed by atoms with Crippen LogP contribution in [-0.2, 0) is 9.53 Å². The predicted molar refractivity (Wildman–Crippen MR) is 105 cm³/mol. The van der Waals surface area contributed by atoms with Gasteiger partial charge >= 0.3 is 12.1 Å². The maximum absolute atomic E-state index is 13.6. The fourth-order valence-corrected chi connectivity index (χ4v) is 4.23. The molecule has 0 saturated heterocycles. The van der Waals surface area contributed by atoms with Crippen molar-refractivity contribution in [3.63, 3.8) is 0 Å². The minimum Gasteiger partial charge on any atom is -0.465 e. The molecule has 0 spiro atoms. The number of ether oxygens (including phenoxy) is 1. The molecule has 0 aliphatic heterocycles. The second-order valence-electron chi connectivity index (χ2n) is 8.22. The summed E-state index contributed by atoms with van der Waals surface area (Å²) in [5.74, 6) is -2.90. The minimum atomic E-state index is -4.25. The van der Waals surface area contributed by atoms with Crippen molar-refractivity contribution in [2.45, 2.75) is 52.8 Å². The first kappa shape index (κ1) is 23.0. The van der Waals surface area contributed by atoms with Gasteiger partial charge in [0.1, 0.15) is 6.54 Å². The third kappa shape index (κ3) is 5.87. The Kier molecular flexibility index (Phi) is 7.19. The van der Waals surface area contributed by atoms with Crippen molar-refractivity contribution in [1.29, 1.82) is 0 Å². The molecular formula is C21H29F3N2O3. The molecule has 2 N–H and O–H groups in total. The van der Waals surface area contributed by atoms with Gasteiger partial charge in [0.25, 0.3) is 5.91 Å². The first-order valence-corrected chi connectivity index (χ1v) is 9.83. The fourth-order valence-electron chi connectivity index (χ4n) is 4.23. The topological polar surface area (TPSA) is 67.4 Å². The van der Waals surface area contributed by atoms with Crippen LogP contribution in [0.4, 0.5) is 18.9 Å². The molecule has 1 amide bonds. The Labute approximate surface area is 169 Å². The number of nitrogens with one attached hydrogen (secondary N) is 2. The summed E-state index contributed by atoms with van der Waals surface area (Å²) >= 11 is 0. The monoisotopic (exact) mass is 414 g/mol. The van der Waals surface area contributed by atoms with Crippen LogP contribution in [0.5, 0.6) is 0 Å². The lowest BCUT2D eigenvalue weighted by Gasteiger charge is -2.47. The zero-order valence-corrected chi connectivity index (χ0v) is 17.2. The summed E-state index contributed by atoms with van der Waals surface area (Å²) in [4.78, 5) is 23.4. The van der Waals surface area contributed by atoms with Gasteiger partial charge in [-0.2, -0.15) is 13.2 Å². The van der Waals surface area contributed by atoms with E-state index >= 15 is 0 Å². The highest BCUT2D eigenvalue weighted by Gasteiger charge is 2.55. The third-order valence-electron chi connectivity index (χ3n) is 5.65. The van der Waals surface area contributed by atoms with E-state index in [0.717, 1.165) is 0 Å². The molecule has 3 atom stereocenters. The summed E-state index contributed by atoms with van der Waals surface area (Å²) in [5.41, 5.74) is 0.215. The molecule has 0 aromatic heterocycles. The zero-order chi connectivity index (χ0) is 21.8. The number of hydrogen-bond acceptors (Lipinski definition) is 4. The van der Waals surface area contributed by atoms with Gasteiger partial charge in [-0.15, -0.1) is 0 Å². The molecule has 2 rings (SSSR count). The summed E-state index contributed by atoms with van der Waals surface area (Å²) in [7, 11) is 0. The average Bonchev–Trinajstić information content (AvgIpc) is 2.61. The first-order chi connectivity index (χ1) is 13.5. The molecule has 0 bridgehead atoms. The quantitative estimate of drug-likeness (QED) is 0.678. The molecule has 29 heavy (non-hydrogen) atoms. The molecule has 1 fully saturated rings. The molecule has 1 aromatic rings. The first-order valence-electron chi connectivity index (χ1n) is 9.83. The Bertz CT molecular complexity index is 717. The maximum Gasteiger partial charge on any atom is 0.392 e. The molecular weight excluding hydrogens is 385 g/mol. The normalized spacial score (nSPS) is 23.9. The van der Waals surface area contributed by atoms with Crippen molar-refractivity contribution in [2.24, 2.45) is 17.3 Å². The van der Waals surface area contributed by atoms with Crippen LogP contribution in [-0.4, -0.2) is 37.2 Å². The number of carbonyl (C=O) groups is 2. The Balaban J connectivity index is 2.00. The largest absolute Gasteiger partial charge is 0.465 e. The fraction of sp³-hybridized carbons (Fsp3) is 0.619. The van der Waals surface area contributed by atoms with Gasteiger partial charge in [-0.3, -0.25) is 9.59 Å². The van der Waals surface area contributed by atoms with E-state index < -0.39 is 35.3 Å². The SMILES string of the molecule is CCOC(=O)CNC(=O)c1ccc(NC2CCC(C)(C)C(C(F)(F)F)C2C)cc1. The van der Waals surface area contributed by atoms with Crippen LogP contribution in [0.1, 0.15) is 50.9 Å². The second-order valence-corrected chi connectivity index (χ2v) is 8.22. The van der Waals surface area contributed by atoms with Crippen molar-refractivity contribution in [2.75, 3.05) is 18.5 Å². The molecule has 1 aliphatic carbocycles. The number of amides is 1. The number of hydrogen-bond donors (Lipinski definition) is 2. The van der Waals surface area contributed by atoms with Gasteiger partial charge < -0.3 is 15.4 Å². The van der Waals surface area contributed by atoms with E-state index in [9.17, 15) is 22.8 Å². The second kappa shape index (κ2) is 9.05. The highest BCUT2D eigenvalue weighted by Crippen LogP contribution is 2.52. The summed E-state index contributed by atoms with van der Waals surface area (Å²) in [6, 6.07) is 6.16. The maximum atomic E-state index is 13.6. The molecule has 162 valence electrons. The van der Waals surface area contributed by atoms with Gasteiger partial charge in [0.05, 0.1) is 12.5 Å². The smallest absolute Gasteiger partial charge is 0.392 e. The van der Waals surface area contributed by atoms with E-state index in [4.69, 9.17) is 4.74 Å². The van der Waals surface area contributed by atoms with Gasteiger partial charge in [0.15, 0.2) is 0 Å². The number of halogens is 3. The Morgan fingerprint density at radius 3 is 2.38 bits per heavy atom. The van der Waals surface area contributed by atoms with Crippen molar-refractivity contribution in [3.05, 3.63) is 29.8 Å². The van der Waals surface area contributed by atoms with Crippen LogP contribution in [0, 0.1) is 17.3 Å². The van der Waals surface area contributed by atoms with E-state index in [0.29, 0.717) is 24.1 Å². The summed E-state index contributed by atoms with van der Waals surface area (Å²) in [6.07, 6.45) is -3.12. The Morgan fingerprint density at radius 1 is 1.21 bits per heavy atom. The van der Waals surface area contributed by atoms with Crippen LogP contribution in [0.2, 0.25) is 0 Å². The zero-order valence-electron chi connectivity index (χ0n) is 17.2. The van der Waals surface area contributed by atoms with E-state index in [1.165, 1.54) is 0 Å². The van der Waals surface area contributed by atoms with E-state index in [1.807, 2.05) is 0 Å². The van der Waals surface area contributed by atoms with Gasteiger partial charge in [-0.05, 0) is 55.4 Å². The van der Waals surface area contributed by atoms with Crippen molar-refractivity contribution in [1.82, 2.24) is 5.32 Å². The molecule has 3 unspecified atom stereocenters. The van der Waals surface area contributed by atoms with Crippen LogP contribution in [0.15, 0.2) is 24.3 Å².